The SMILES string of the molecule is CCCCCCCCCCCCCCCCC=CN.O. The van der Waals surface area contributed by atoms with Crippen LogP contribution in [0.25, 0.3) is 0 Å². The molecule has 0 rings (SSSR count). The minimum absolute atomic E-state index is 0. The second-order valence-electron chi connectivity index (χ2n) is 5.81. The smallest absolute Gasteiger partial charge is 0.0103 e. The van der Waals surface area contributed by atoms with E-state index >= 15 is 0 Å². The molecule has 0 aliphatic carbocycles. The Morgan fingerprint density at radius 1 is 0.600 bits per heavy atom. The lowest BCUT2D eigenvalue weighted by atomic mass is 10.0. The Balaban J connectivity index is 0. The summed E-state index contributed by atoms with van der Waals surface area (Å²) in [6, 6.07) is 0. The number of hydrogen-bond donors (Lipinski definition) is 1. The molecule has 0 amide bonds. The second-order valence-corrected chi connectivity index (χ2v) is 5.81. The molecule has 0 saturated carbocycles. The van der Waals surface area contributed by atoms with Crippen molar-refractivity contribution >= 4 is 0 Å². The lowest BCUT2D eigenvalue weighted by Crippen LogP contribution is -1.83. The van der Waals surface area contributed by atoms with E-state index in [1.807, 2.05) is 0 Å². The van der Waals surface area contributed by atoms with Gasteiger partial charge in [-0.15, -0.1) is 0 Å². The van der Waals surface area contributed by atoms with Gasteiger partial charge in [0.2, 0.25) is 0 Å². The molecule has 122 valence electrons. The lowest BCUT2D eigenvalue weighted by Gasteiger charge is -2.02. The van der Waals surface area contributed by atoms with E-state index in [1.54, 1.807) is 6.20 Å². The fourth-order valence-corrected chi connectivity index (χ4v) is 2.55. The van der Waals surface area contributed by atoms with Gasteiger partial charge in [0.1, 0.15) is 0 Å². The average Bonchev–Trinajstić information content (AvgIpc) is 2.43. The van der Waals surface area contributed by atoms with Crippen LogP contribution in [0.5, 0.6) is 0 Å². The number of rotatable bonds is 15. The first-order valence-electron chi connectivity index (χ1n) is 8.78. The van der Waals surface area contributed by atoms with Crippen LogP contribution in [0.1, 0.15) is 103 Å². The maximum atomic E-state index is 5.30. The highest BCUT2D eigenvalue weighted by atomic mass is 16.0. The highest BCUT2D eigenvalue weighted by Crippen LogP contribution is 2.13. The number of unbranched alkanes of at least 4 members (excludes halogenated alkanes) is 14. The summed E-state index contributed by atoms with van der Waals surface area (Å²) in [4.78, 5) is 0. The Morgan fingerprint density at radius 3 is 1.30 bits per heavy atom. The third-order valence-corrected chi connectivity index (χ3v) is 3.86. The fourth-order valence-electron chi connectivity index (χ4n) is 2.55. The van der Waals surface area contributed by atoms with Crippen LogP contribution in [0.2, 0.25) is 0 Å². The van der Waals surface area contributed by atoms with Crippen molar-refractivity contribution in [1.29, 1.82) is 0 Å². The van der Waals surface area contributed by atoms with Crippen molar-refractivity contribution in [1.82, 2.24) is 0 Å². The molecule has 0 spiro atoms. The molecule has 0 aliphatic heterocycles. The molecule has 0 radical (unpaired) electrons. The van der Waals surface area contributed by atoms with Crippen LogP contribution < -0.4 is 5.73 Å². The van der Waals surface area contributed by atoms with Gasteiger partial charge in [0.25, 0.3) is 0 Å². The zero-order valence-corrected chi connectivity index (χ0v) is 13.8. The molecule has 2 nitrogen and oxygen atoms in total. The summed E-state index contributed by atoms with van der Waals surface area (Å²) in [6.45, 7) is 2.29. The van der Waals surface area contributed by atoms with Crippen LogP contribution in [-0.2, 0) is 0 Å². The quantitative estimate of drug-likeness (QED) is 0.396. The maximum absolute atomic E-state index is 5.30. The highest BCUT2D eigenvalue weighted by Gasteiger charge is 1.93. The van der Waals surface area contributed by atoms with Gasteiger partial charge in [-0.05, 0) is 19.0 Å². The Bertz CT molecular complexity index is 180. The fraction of sp³-hybridized carbons (Fsp3) is 0.889. The lowest BCUT2D eigenvalue weighted by molar-refractivity contribution is 0.536. The summed E-state index contributed by atoms with van der Waals surface area (Å²) in [5, 5.41) is 0. The van der Waals surface area contributed by atoms with Crippen molar-refractivity contribution in [3.05, 3.63) is 12.3 Å². The first kappa shape index (κ1) is 21.8. The van der Waals surface area contributed by atoms with Crippen molar-refractivity contribution in [3.63, 3.8) is 0 Å². The van der Waals surface area contributed by atoms with Crippen LogP contribution in [0, 0.1) is 0 Å². The van der Waals surface area contributed by atoms with Gasteiger partial charge in [0.15, 0.2) is 0 Å². The van der Waals surface area contributed by atoms with Crippen LogP contribution in [0.3, 0.4) is 0 Å². The van der Waals surface area contributed by atoms with Crippen LogP contribution in [0.4, 0.5) is 0 Å². The zero-order valence-electron chi connectivity index (χ0n) is 13.8. The van der Waals surface area contributed by atoms with Gasteiger partial charge in [-0.25, -0.2) is 0 Å². The Kier molecular flexibility index (Phi) is 22.7. The molecule has 0 fully saturated rings. The minimum Gasteiger partial charge on any atom is -0.412 e. The van der Waals surface area contributed by atoms with Gasteiger partial charge >= 0.3 is 0 Å². The summed E-state index contributed by atoms with van der Waals surface area (Å²) < 4.78 is 0. The van der Waals surface area contributed by atoms with Crippen molar-refractivity contribution in [2.75, 3.05) is 0 Å². The number of nitrogens with two attached hydrogens (primary N) is 1. The normalized spacial score (nSPS) is 10.8. The predicted molar refractivity (Wildman–Crippen MR) is 91.9 cm³/mol. The average molecular weight is 286 g/mol. The van der Waals surface area contributed by atoms with E-state index in [0.717, 1.165) is 6.42 Å². The molecular formula is C18H39NO. The first-order valence-corrected chi connectivity index (χ1v) is 8.78. The molecule has 0 aromatic carbocycles. The second kappa shape index (κ2) is 20.8. The third kappa shape index (κ3) is 19.8. The monoisotopic (exact) mass is 285 g/mol. The van der Waals surface area contributed by atoms with Gasteiger partial charge < -0.3 is 11.2 Å². The van der Waals surface area contributed by atoms with Crippen molar-refractivity contribution in [2.45, 2.75) is 103 Å². The standard InChI is InChI=1S/C18H37N.H2O/c1-2-3-4-5-6-7-8-9-10-11-12-13-14-15-16-17-18-19;/h17-18H,2-16,19H2,1H3;1H2. The third-order valence-electron chi connectivity index (χ3n) is 3.86. The van der Waals surface area contributed by atoms with Crippen LogP contribution >= 0.6 is 0 Å². The highest BCUT2D eigenvalue weighted by molar-refractivity contribution is 4.74. The van der Waals surface area contributed by atoms with E-state index in [-0.39, 0.29) is 5.48 Å². The predicted octanol–water partition coefficient (Wildman–Crippen LogP) is 5.51. The molecule has 0 aromatic heterocycles. The maximum Gasteiger partial charge on any atom is -0.0103 e. The van der Waals surface area contributed by atoms with Crippen LogP contribution in [-0.4, -0.2) is 5.48 Å². The molecule has 0 saturated heterocycles. The molecule has 2 heteroatoms. The Morgan fingerprint density at radius 2 is 0.950 bits per heavy atom. The Hall–Kier alpha value is -0.500. The molecule has 4 N–H and O–H groups in total. The minimum atomic E-state index is 0. The van der Waals surface area contributed by atoms with E-state index < -0.39 is 0 Å². The van der Waals surface area contributed by atoms with E-state index in [0.29, 0.717) is 0 Å². The molecule has 0 unspecified atom stereocenters. The zero-order chi connectivity index (χ0) is 14.0. The van der Waals surface area contributed by atoms with Gasteiger partial charge in [-0.2, -0.15) is 0 Å². The van der Waals surface area contributed by atoms with Gasteiger partial charge in [-0.1, -0.05) is 96.5 Å². The van der Waals surface area contributed by atoms with Gasteiger partial charge in [0, 0.05) is 0 Å². The largest absolute Gasteiger partial charge is 0.412 e. The summed E-state index contributed by atoms with van der Waals surface area (Å²) >= 11 is 0. The molecule has 0 aliphatic rings. The van der Waals surface area contributed by atoms with E-state index in [2.05, 4.69) is 13.0 Å². The molecule has 0 bridgehead atoms. The topological polar surface area (TPSA) is 57.5 Å². The summed E-state index contributed by atoms with van der Waals surface area (Å²) in [6.07, 6.45) is 24.9. The summed E-state index contributed by atoms with van der Waals surface area (Å²) in [5.41, 5.74) is 5.30. The molecule has 0 aromatic rings. The summed E-state index contributed by atoms with van der Waals surface area (Å²) in [7, 11) is 0. The van der Waals surface area contributed by atoms with Crippen molar-refractivity contribution in [2.24, 2.45) is 5.73 Å². The van der Waals surface area contributed by atoms with Gasteiger partial charge in [-0.3, -0.25) is 0 Å². The molecule has 0 atom stereocenters. The summed E-state index contributed by atoms with van der Waals surface area (Å²) in [5.74, 6) is 0. The molecule has 0 heterocycles. The van der Waals surface area contributed by atoms with Crippen molar-refractivity contribution < 1.29 is 5.48 Å². The first-order chi connectivity index (χ1) is 9.41. The number of allylic oxidation sites excluding steroid dienone is 1. The van der Waals surface area contributed by atoms with E-state index in [9.17, 15) is 0 Å². The molecular weight excluding hydrogens is 246 g/mol. The van der Waals surface area contributed by atoms with Crippen LogP contribution in [0.15, 0.2) is 12.3 Å². The van der Waals surface area contributed by atoms with Gasteiger partial charge in [0.05, 0.1) is 0 Å². The van der Waals surface area contributed by atoms with E-state index in [4.69, 9.17) is 5.73 Å². The van der Waals surface area contributed by atoms with Crippen molar-refractivity contribution in [3.8, 4) is 0 Å². The number of hydrogen-bond acceptors (Lipinski definition) is 1. The molecule has 20 heavy (non-hydrogen) atoms. The van der Waals surface area contributed by atoms with E-state index in [1.165, 1.54) is 89.9 Å². The Labute approximate surface area is 127 Å².